The van der Waals surface area contributed by atoms with Gasteiger partial charge in [0, 0.05) is 31.6 Å². The Morgan fingerprint density at radius 3 is 2.25 bits per heavy atom. The Labute approximate surface area is 172 Å². The summed E-state index contributed by atoms with van der Waals surface area (Å²) < 4.78 is 0. The zero-order valence-electron chi connectivity index (χ0n) is 16.3. The molecule has 0 atom stereocenters. The average molecular weight is 399 g/mol. The highest BCUT2D eigenvalue weighted by molar-refractivity contribution is 6.30. The molecule has 2 aromatic carbocycles. The fraction of sp³-hybridized carbons (Fsp3) is 0.391. The largest absolute Gasteiger partial charge is 0.341 e. The summed E-state index contributed by atoms with van der Waals surface area (Å²) in [6, 6.07) is 17.9. The van der Waals surface area contributed by atoms with Crippen LogP contribution in [0.3, 0.4) is 0 Å². The molecule has 0 saturated carbocycles. The third kappa shape index (κ3) is 5.83. The fourth-order valence-corrected chi connectivity index (χ4v) is 3.81. The van der Waals surface area contributed by atoms with E-state index in [1.165, 1.54) is 12.5 Å². The molecule has 1 heterocycles. The predicted octanol–water partition coefficient (Wildman–Crippen LogP) is 4.17. The Morgan fingerprint density at radius 2 is 1.64 bits per heavy atom. The molecule has 0 N–H and O–H groups in total. The van der Waals surface area contributed by atoms with Gasteiger partial charge in [-0.3, -0.25) is 9.59 Å². The van der Waals surface area contributed by atoms with Crippen molar-refractivity contribution in [1.29, 1.82) is 0 Å². The monoisotopic (exact) mass is 398 g/mol. The average Bonchev–Trinajstić information content (AvgIpc) is 2.70. The van der Waals surface area contributed by atoms with E-state index in [-0.39, 0.29) is 18.4 Å². The summed E-state index contributed by atoms with van der Waals surface area (Å²) in [7, 11) is 0. The van der Waals surface area contributed by atoms with Gasteiger partial charge in [-0.2, -0.15) is 0 Å². The van der Waals surface area contributed by atoms with Gasteiger partial charge in [-0.25, -0.2) is 0 Å². The molecule has 0 radical (unpaired) electrons. The molecule has 2 aromatic rings. The maximum Gasteiger partial charge on any atom is 0.242 e. The molecule has 0 unspecified atom stereocenters. The van der Waals surface area contributed by atoms with Gasteiger partial charge in [0.25, 0.3) is 0 Å². The number of likely N-dealkylation sites (tertiary alicyclic amines) is 1. The Balaban J connectivity index is 1.50. The van der Waals surface area contributed by atoms with E-state index in [2.05, 4.69) is 24.3 Å². The molecule has 5 heteroatoms. The number of hydrogen-bond donors (Lipinski definition) is 0. The summed E-state index contributed by atoms with van der Waals surface area (Å²) >= 11 is 5.92. The van der Waals surface area contributed by atoms with Crippen molar-refractivity contribution in [3.8, 4) is 0 Å². The van der Waals surface area contributed by atoms with Gasteiger partial charge in [-0.15, -0.1) is 0 Å². The predicted molar refractivity (Wildman–Crippen MR) is 112 cm³/mol. The normalized spacial score (nSPS) is 14.7. The highest BCUT2D eigenvalue weighted by atomic mass is 35.5. The lowest BCUT2D eigenvalue weighted by molar-refractivity contribution is -0.140. The second kappa shape index (κ2) is 9.74. The van der Waals surface area contributed by atoms with Crippen molar-refractivity contribution in [3.05, 3.63) is 70.7 Å². The highest BCUT2D eigenvalue weighted by Gasteiger charge is 2.25. The number of nitrogens with zero attached hydrogens (tertiary/aromatic N) is 2. The van der Waals surface area contributed by atoms with Crippen molar-refractivity contribution in [2.45, 2.75) is 32.7 Å². The zero-order valence-corrected chi connectivity index (χ0v) is 17.1. The number of carbonyl (C=O) groups excluding carboxylic acids is 2. The van der Waals surface area contributed by atoms with Crippen LogP contribution in [0.1, 0.15) is 30.9 Å². The number of halogens is 1. The Hall–Kier alpha value is -2.33. The number of benzene rings is 2. The van der Waals surface area contributed by atoms with E-state index < -0.39 is 0 Å². The van der Waals surface area contributed by atoms with E-state index in [4.69, 9.17) is 11.6 Å². The van der Waals surface area contributed by atoms with Gasteiger partial charge >= 0.3 is 0 Å². The maximum atomic E-state index is 12.7. The van der Waals surface area contributed by atoms with Crippen LogP contribution in [0.15, 0.2) is 54.6 Å². The molecule has 3 rings (SSSR count). The molecular weight excluding hydrogens is 372 g/mol. The number of carbonyl (C=O) groups is 2. The molecule has 1 saturated heterocycles. The van der Waals surface area contributed by atoms with Crippen LogP contribution in [-0.2, 0) is 22.6 Å². The smallest absolute Gasteiger partial charge is 0.242 e. The number of piperidine rings is 1. The summed E-state index contributed by atoms with van der Waals surface area (Å²) in [5.74, 6) is 0.550. The third-order valence-electron chi connectivity index (χ3n) is 5.39. The molecule has 148 valence electrons. The zero-order chi connectivity index (χ0) is 19.9. The van der Waals surface area contributed by atoms with Crippen LogP contribution in [0.4, 0.5) is 0 Å². The van der Waals surface area contributed by atoms with Gasteiger partial charge in [0.05, 0.1) is 0 Å². The molecule has 2 amide bonds. The minimum Gasteiger partial charge on any atom is -0.341 e. The summed E-state index contributed by atoms with van der Waals surface area (Å²) in [5.41, 5.74) is 2.33. The van der Waals surface area contributed by atoms with Gasteiger partial charge in [-0.1, -0.05) is 54.1 Å². The molecule has 28 heavy (non-hydrogen) atoms. The van der Waals surface area contributed by atoms with Gasteiger partial charge in [0.1, 0.15) is 6.54 Å². The maximum absolute atomic E-state index is 12.7. The molecule has 1 aliphatic rings. The summed E-state index contributed by atoms with van der Waals surface area (Å²) in [6.45, 7) is 3.59. The van der Waals surface area contributed by atoms with Crippen molar-refractivity contribution in [2.75, 3.05) is 19.6 Å². The summed E-state index contributed by atoms with van der Waals surface area (Å²) in [5, 5.41) is 0.660. The molecule has 4 nitrogen and oxygen atoms in total. The van der Waals surface area contributed by atoms with Crippen LogP contribution in [0.5, 0.6) is 0 Å². The number of rotatable bonds is 6. The van der Waals surface area contributed by atoms with Gasteiger partial charge in [0.2, 0.25) is 11.8 Å². The summed E-state index contributed by atoms with van der Waals surface area (Å²) in [4.78, 5) is 28.3. The first-order valence-corrected chi connectivity index (χ1v) is 10.2. The van der Waals surface area contributed by atoms with Crippen molar-refractivity contribution >= 4 is 23.4 Å². The molecular formula is C23H27ClN2O2. The van der Waals surface area contributed by atoms with Gasteiger partial charge in [0.15, 0.2) is 0 Å². The van der Waals surface area contributed by atoms with E-state index in [1.54, 1.807) is 17.0 Å². The van der Waals surface area contributed by atoms with E-state index >= 15 is 0 Å². The molecule has 0 spiro atoms. The third-order valence-corrected chi connectivity index (χ3v) is 5.64. The van der Waals surface area contributed by atoms with Crippen LogP contribution in [0, 0.1) is 5.92 Å². The van der Waals surface area contributed by atoms with Gasteiger partial charge in [-0.05, 0) is 48.4 Å². The lowest BCUT2D eigenvalue weighted by atomic mass is 9.90. The lowest BCUT2D eigenvalue weighted by Gasteiger charge is -2.33. The Morgan fingerprint density at radius 1 is 1.00 bits per heavy atom. The minimum absolute atomic E-state index is 0.0299. The van der Waals surface area contributed by atoms with Crippen molar-refractivity contribution < 1.29 is 9.59 Å². The molecule has 1 aliphatic heterocycles. The van der Waals surface area contributed by atoms with E-state index in [0.29, 0.717) is 17.5 Å². The second-order valence-corrected chi connectivity index (χ2v) is 7.95. The first-order chi connectivity index (χ1) is 13.5. The van der Waals surface area contributed by atoms with E-state index in [1.807, 2.05) is 23.1 Å². The standard InChI is InChI=1S/C23H27ClN2O2/c1-18(27)26(16-21-7-9-22(24)10-8-21)17-23(28)25-13-11-20(12-14-25)15-19-5-3-2-4-6-19/h2-10,20H,11-17H2,1H3. The number of hydrogen-bond acceptors (Lipinski definition) is 2. The molecule has 0 aromatic heterocycles. The van der Waals surface area contributed by atoms with Crippen molar-refractivity contribution in [1.82, 2.24) is 9.80 Å². The minimum atomic E-state index is -0.0951. The Bertz CT molecular complexity index is 784. The van der Waals surface area contributed by atoms with Crippen LogP contribution >= 0.6 is 11.6 Å². The highest BCUT2D eigenvalue weighted by Crippen LogP contribution is 2.22. The SMILES string of the molecule is CC(=O)N(CC(=O)N1CCC(Cc2ccccc2)CC1)Cc1ccc(Cl)cc1. The van der Waals surface area contributed by atoms with Crippen LogP contribution in [0.25, 0.3) is 0 Å². The quantitative estimate of drug-likeness (QED) is 0.732. The van der Waals surface area contributed by atoms with Crippen LogP contribution in [-0.4, -0.2) is 41.2 Å². The lowest BCUT2D eigenvalue weighted by Crippen LogP contribution is -2.45. The van der Waals surface area contributed by atoms with E-state index in [9.17, 15) is 9.59 Å². The van der Waals surface area contributed by atoms with Crippen molar-refractivity contribution in [3.63, 3.8) is 0 Å². The second-order valence-electron chi connectivity index (χ2n) is 7.52. The topological polar surface area (TPSA) is 40.6 Å². The first kappa shape index (κ1) is 20.4. The molecule has 0 bridgehead atoms. The van der Waals surface area contributed by atoms with Gasteiger partial charge < -0.3 is 9.80 Å². The van der Waals surface area contributed by atoms with Crippen molar-refractivity contribution in [2.24, 2.45) is 5.92 Å². The first-order valence-electron chi connectivity index (χ1n) is 9.83. The molecule has 1 fully saturated rings. The van der Waals surface area contributed by atoms with Crippen LogP contribution in [0.2, 0.25) is 5.02 Å². The Kier molecular flexibility index (Phi) is 7.10. The van der Waals surface area contributed by atoms with Crippen LogP contribution < -0.4 is 0 Å². The molecule has 0 aliphatic carbocycles. The fourth-order valence-electron chi connectivity index (χ4n) is 3.69. The summed E-state index contributed by atoms with van der Waals surface area (Å²) in [6.07, 6.45) is 3.09. The van der Waals surface area contributed by atoms with E-state index in [0.717, 1.165) is 37.9 Å². The number of amides is 2.